The fraction of sp³-hybridized carbons (Fsp3) is 0.650. The van der Waals surface area contributed by atoms with E-state index in [1.807, 2.05) is 19.1 Å². The Morgan fingerprint density at radius 1 is 1.04 bits per heavy atom. The van der Waals surface area contributed by atoms with Crippen molar-refractivity contribution in [3.05, 3.63) is 30.2 Å². The second-order valence-electron chi connectivity index (χ2n) is 7.56. The molecular weight excluding hydrogens is 298 g/mol. The molecule has 2 aliphatic rings. The Labute approximate surface area is 144 Å². The lowest BCUT2D eigenvalue weighted by Crippen LogP contribution is -2.38. The van der Waals surface area contributed by atoms with Crippen molar-refractivity contribution in [3.63, 3.8) is 0 Å². The summed E-state index contributed by atoms with van der Waals surface area (Å²) in [6.07, 6.45) is 11.6. The Hall–Kier alpha value is -1.55. The highest BCUT2D eigenvalue weighted by atomic mass is 16.3. The largest absolute Gasteiger partial charge is 0.460 e. The van der Waals surface area contributed by atoms with Crippen molar-refractivity contribution in [1.29, 1.82) is 0 Å². The molecule has 1 saturated carbocycles. The first-order chi connectivity index (χ1) is 11.8. The molecule has 0 aromatic carbocycles. The van der Waals surface area contributed by atoms with Gasteiger partial charge in [0.25, 0.3) is 0 Å². The highest BCUT2D eigenvalue weighted by Crippen LogP contribution is 2.35. The smallest absolute Gasteiger partial charge is 0.154 e. The molecule has 0 spiro atoms. The predicted molar refractivity (Wildman–Crippen MR) is 96.0 cm³/mol. The van der Waals surface area contributed by atoms with Gasteiger partial charge >= 0.3 is 0 Å². The molecule has 3 heterocycles. The van der Waals surface area contributed by atoms with E-state index in [9.17, 15) is 0 Å². The zero-order valence-electron chi connectivity index (χ0n) is 14.8. The predicted octanol–water partition coefficient (Wildman–Crippen LogP) is 4.67. The standard InChI is InChI=1S/C20H29N3O/c1-16-9-10-20(24-16)18-11-14-23(21-18)19-8-4-3-7-17(19)15-22-12-5-2-6-13-22/h9-11,14,17,19H,2-8,12-13,15H2,1H3/t17-,19+/m0/s1. The van der Waals surface area contributed by atoms with Gasteiger partial charge < -0.3 is 9.32 Å². The lowest BCUT2D eigenvalue weighted by atomic mass is 9.84. The molecule has 1 saturated heterocycles. The maximum atomic E-state index is 5.73. The quantitative estimate of drug-likeness (QED) is 0.818. The van der Waals surface area contributed by atoms with Gasteiger partial charge in [-0.2, -0.15) is 5.10 Å². The summed E-state index contributed by atoms with van der Waals surface area (Å²) in [4.78, 5) is 2.69. The third-order valence-electron chi connectivity index (χ3n) is 5.75. The third-order valence-corrected chi connectivity index (χ3v) is 5.75. The maximum Gasteiger partial charge on any atom is 0.154 e. The highest BCUT2D eigenvalue weighted by molar-refractivity contribution is 5.51. The van der Waals surface area contributed by atoms with Crippen molar-refractivity contribution in [2.45, 2.75) is 57.9 Å². The van der Waals surface area contributed by atoms with Crippen LogP contribution in [0, 0.1) is 12.8 Å². The number of nitrogens with zero attached hydrogens (tertiary/aromatic N) is 3. The minimum Gasteiger partial charge on any atom is -0.460 e. The van der Waals surface area contributed by atoms with Crippen molar-refractivity contribution in [2.75, 3.05) is 19.6 Å². The Morgan fingerprint density at radius 3 is 2.67 bits per heavy atom. The summed E-state index contributed by atoms with van der Waals surface area (Å²) >= 11 is 0. The van der Waals surface area contributed by atoms with Crippen molar-refractivity contribution in [2.24, 2.45) is 5.92 Å². The lowest BCUT2D eigenvalue weighted by molar-refractivity contribution is 0.132. The molecule has 2 atom stereocenters. The van der Waals surface area contributed by atoms with Crippen LogP contribution in [0.3, 0.4) is 0 Å². The molecule has 130 valence electrons. The number of furan rings is 1. The lowest BCUT2D eigenvalue weighted by Gasteiger charge is -2.37. The SMILES string of the molecule is Cc1ccc(-c2ccn([C@@H]3CCCC[C@H]3CN3CCCCC3)n2)o1. The Kier molecular flexibility index (Phi) is 4.74. The van der Waals surface area contributed by atoms with E-state index >= 15 is 0 Å². The topological polar surface area (TPSA) is 34.2 Å². The van der Waals surface area contributed by atoms with Crippen LogP contribution in [0.5, 0.6) is 0 Å². The van der Waals surface area contributed by atoms with Gasteiger partial charge in [-0.15, -0.1) is 0 Å². The monoisotopic (exact) mass is 327 g/mol. The van der Waals surface area contributed by atoms with Crippen molar-refractivity contribution >= 4 is 0 Å². The Balaban J connectivity index is 1.49. The number of hydrogen-bond donors (Lipinski definition) is 0. The van der Waals surface area contributed by atoms with Crippen LogP contribution in [0.15, 0.2) is 28.8 Å². The molecule has 0 radical (unpaired) electrons. The number of aromatic nitrogens is 2. The van der Waals surface area contributed by atoms with Crippen LogP contribution in [-0.2, 0) is 0 Å². The molecule has 1 aliphatic carbocycles. The zero-order chi connectivity index (χ0) is 16.4. The molecule has 24 heavy (non-hydrogen) atoms. The summed E-state index contributed by atoms with van der Waals surface area (Å²) in [7, 11) is 0. The number of likely N-dealkylation sites (tertiary alicyclic amines) is 1. The van der Waals surface area contributed by atoms with Crippen molar-refractivity contribution in [3.8, 4) is 11.5 Å². The summed E-state index contributed by atoms with van der Waals surface area (Å²) in [5.74, 6) is 2.57. The normalized spacial score (nSPS) is 25.9. The molecule has 0 unspecified atom stereocenters. The van der Waals surface area contributed by atoms with Gasteiger partial charge in [-0.1, -0.05) is 19.3 Å². The fourth-order valence-corrected chi connectivity index (χ4v) is 4.45. The van der Waals surface area contributed by atoms with Crippen LogP contribution in [0.25, 0.3) is 11.5 Å². The van der Waals surface area contributed by atoms with E-state index in [0.717, 1.165) is 23.1 Å². The molecule has 0 amide bonds. The first kappa shape index (κ1) is 15.9. The zero-order valence-corrected chi connectivity index (χ0v) is 14.8. The van der Waals surface area contributed by atoms with Gasteiger partial charge in [0.15, 0.2) is 5.76 Å². The van der Waals surface area contributed by atoms with Crippen LogP contribution in [-0.4, -0.2) is 34.3 Å². The van der Waals surface area contributed by atoms with E-state index < -0.39 is 0 Å². The van der Waals surface area contributed by atoms with Gasteiger partial charge in [0.1, 0.15) is 11.5 Å². The van der Waals surface area contributed by atoms with Gasteiger partial charge in [0.05, 0.1) is 6.04 Å². The summed E-state index contributed by atoms with van der Waals surface area (Å²) in [6, 6.07) is 6.68. The summed E-state index contributed by atoms with van der Waals surface area (Å²) in [5, 5.41) is 4.87. The van der Waals surface area contributed by atoms with Crippen LogP contribution >= 0.6 is 0 Å². The molecule has 0 N–H and O–H groups in total. The van der Waals surface area contributed by atoms with Gasteiger partial charge in [-0.05, 0) is 69.8 Å². The number of piperidine rings is 1. The second-order valence-corrected chi connectivity index (χ2v) is 7.56. The number of rotatable bonds is 4. The summed E-state index contributed by atoms with van der Waals surface area (Å²) < 4.78 is 7.96. The Bertz CT molecular complexity index is 653. The second kappa shape index (κ2) is 7.14. The fourth-order valence-electron chi connectivity index (χ4n) is 4.45. The molecule has 4 rings (SSSR count). The summed E-state index contributed by atoms with van der Waals surface area (Å²) in [6.45, 7) is 5.81. The van der Waals surface area contributed by atoms with E-state index in [2.05, 4.69) is 21.8 Å². The van der Waals surface area contributed by atoms with Gasteiger partial charge in [-0.3, -0.25) is 4.68 Å². The van der Waals surface area contributed by atoms with Crippen molar-refractivity contribution in [1.82, 2.24) is 14.7 Å². The van der Waals surface area contributed by atoms with Gasteiger partial charge in [0, 0.05) is 12.7 Å². The molecule has 2 aromatic heterocycles. The van der Waals surface area contributed by atoms with Gasteiger partial charge in [-0.25, -0.2) is 0 Å². The molecule has 4 heteroatoms. The minimum absolute atomic E-state index is 0.547. The summed E-state index contributed by atoms with van der Waals surface area (Å²) in [5.41, 5.74) is 0.963. The van der Waals surface area contributed by atoms with Crippen LogP contribution < -0.4 is 0 Å². The minimum atomic E-state index is 0.547. The molecule has 2 fully saturated rings. The average Bonchev–Trinajstić information content (AvgIpc) is 3.25. The van der Waals surface area contributed by atoms with E-state index in [1.54, 1.807) is 0 Å². The first-order valence-electron chi connectivity index (χ1n) is 9.64. The van der Waals surface area contributed by atoms with E-state index in [0.29, 0.717) is 6.04 Å². The molecule has 1 aliphatic heterocycles. The average molecular weight is 327 g/mol. The van der Waals surface area contributed by atoms with E-state index in [4.69, 9.17) is 9.52 Å². The van der Waals surface area contributed by atoms with E-state index in [-0.39, 0.29) is 0 Å². The molecule has 4 nitrogen and oxygen atoms in total. The van der Waals surface area contributed by atoms with Crippen LogP contribution in [0.4, 0.5) is 0 Å². The molecule has 0 bridgehead atoms. The maximum absolute atomic E-state index is 5.73. The first-order valence-corrected chi connectivity index (χ1v) is 9.64. The van der Waals surface area contributed by atoms with Crippen LogP contribution in [0.2, 0.25) is 0 Å². The molecule has 2 aromatic rings. The Morgan fingerprint density at radius 2 is 1.88 bits per heavy atom. The van der Waals surface area contributed by atoms with Crippen LogP contribution in [0.1, 0.15) is 56.7 Å². The van der Waals surface area contributed by atoms with Crippen molar-refractivity contribution < 1.29 is 4.42 Å². The molecular formula is C20H29N3O. The third kappa shape index (κ3) is 3.44. The number of hydrogen-bond acceptors (Lipinski definition) is 3. The van der Waals surface area contributed by atoms with Gasteiger partial charge in [0.2, 0.25) is 0 Å². The highest BCUT2D eigenvalue weighted by Gasteiger charge is 2.29. The number of aryl methyl sites for hydroxylation is 1. The van der Waals surface area contributed by atoms with E-state index in [1.165, 1.54) is 64.6 Å².